The third kappa shape index (κ3) is 7.07. The Labute approximate surface area is 145 Å². The third-order valence-corrected chi connectivity index (χ3v) is 9.38. The molecule has 0 aliphatic carbocycles. The van der Waals surface area contributed by atoms with E-state index in [1.165, 1.54) is 0 Å². The van der Waals surface area contributed by atoms with E-state index in [1.807, 2.05) is 6.92 Å². The Balaban J connectivity index is 5.89. The van der Waals surface area contributed by atoms with Crippen LogP contribution < -0.4 is 0 Å². The van der Waals surface area contributed by atoms with Gasteiger partial charge in [0.1, 0.15) is 6.29 Å². The van der Waals surface area contributed by atoms with Crippen molar-refractivity contribution in [3.8, 4) is 0 Å². The summed E-state index contributed by atoms with van der Waals surface area (Å²) in [6.45, 7) is 9.18. The highest BCUT2D eigenvalue weighted by molar-refractivity contribution is 7.72. The molecule has 0 aromatic rings. The molecular formula is C15H32O7P2. The van der Waals surface area contributed by atoms with Gasteiger partial charge in [-0.15, -0.1) is 0 Å². The predicted octanol–water partition coefficient (Wildman–Crippen LogP) is 4.85. The van der Waals surface area contributed by atoms with Crippen LogP contribution in [0.15, 0.2) is 0 Å². The Bertz CT molecular complexity index is 392. The van der Waals surface area contributed by atoms with Gasteiger partial charge in [-0.3, -0.25) is 9.13 Å². The van der Waals surface area contributed by atoms with E-state index in [1.54, 1.807) is 27.7 Å². The van der Waals surface area contributed by atoms with E-state index in [9.17, 15) is 13.9 Å². The molecule has 0 aromatic heterocycles. The number of hydrogen-bond donors (Lipinski definition) is 0. The predicted molar refractivity (Wildman–Crippen MR) is 94.6 cm³/mol. The molecule has 0 aliphatic heterocycles. The van der Waals surface area contributed by atoms with Gasteiger partial charge in [-0.2, -0.15) is 0 Å². The van der Waals surface area contributed by atoms with Crippen LogP contribution in [0.1, 0.15) is 53.9 Å². The summed E-state index contributed by atoms with van der Waals surface area (Å²) in [5.74, 6) is -0.413. The van der Waals surface area contributed by atoms with Gasteiger partial charge >= 0.3 is 15.2 Å². The Morgan fingerprint density at radius 3 is 1.42 bits per heavy atom. The number of carbonyl (C=O) groups excluding carboxylic acids is 1. The van der Waals surface area contributed by atoms with Gasteiger partial charge in [0.2, 0.25) is 0 Å². The molecule has 0 bridgehead atoms. The van der Waals surface area contributed by atoms with Crippen molar-refractivity contribution in [2.45, 2.75) is 59.3 Å². The van der Waals surface area contributed by atoms with E-state index in [4.69, 9.17) is 18.1 Å². The zero-order chi connectivity index (χ0) is 18.6. The Hall–Kier alpha value is -0.0300. The Morgan fingerprint density at radius 1 is 0.792 bits per heavy atom. The molecule has 0 aromatic carbocycles. The molecule has 0 unspecified atom stereocenters. The zero-order valence-electron chi connectivity index (χ0n) is 15.4. The van der Waals surface area contributed by atoms with Crippen molar-refractivity contribution in [2.24, 2.45) is 5.92 Å². The summed E-state index contributed by atoms with van der Waals surface area (Å²) in [5.41, 5.74) is 0. The number of rotatable bonds is 15. The van der Waals surface area contributed by atoms with E-state index in [-0.39, 0.29) is 32.8 Å². The van der Waals surface area contributed by atoms with Crippen molar-refractivity contribution in [1.29, 1.82) is 0 Å². The molecule has 0 aliphatic rings. The van der Waals surface area contributed by atoms with E-state index in [2.05, 4.69) is 0 Å². The number of aldehydes is 1. The van der Waals surface area contributed by atoms with Gasteiger partial charge in [0.25, 0.3) is 0 Å². The second-order valence-corrected chi connectivity index (χ2v) is 10.00. The van der Waals surface area contributed by atoms with Gasteiger partial charge in [0.05, 0.1) is 26.4 Å². The van der Waals surface area contributed by atoms with Crippen LogP contribution in [0.2, 0.25) is 0 Å². The first-order valence-corrected chi connectivity index (χ1v) is 11.8. The average molecular weight is 386 g/mol. The van der Waals surface area contributed by atoms with E-state index in [0.717, 1.165) is 12.7 Å². The monoisotopic (exact) mass is 386 g/mol. The molecule has 1 atom stereocenters. The van der Waals surface area contributed by atoms with Crippen LogP contribution in [0.3, 0.4) is 0 Å². The average Bonchev–Trinajstić information content (AvgIpc) is 2.52. The van der Waals surface area contributed by atoms with Crippen molar-refractivity contribution in [2.75, 3.05) is 26.4 Å². The van der Waals surface area contributed by atoms with E-state index >= 15 is 0 Å². The SMILES string of the molecule is CCC[C@@H](C=O)CC(P(=O)(OCC)OCC)P(=O)(OCC)OCC. The summed E-state index contributed by atoms with van der Waals surface area (Å²) < 4.78 is 48.1. The molecule has 0 fully saturated rings. The lowest BCUT2D eigenvalue weighted by atomic mass is 10.0. The number of carbonyl (C=O) groups is 1. The van der Waals surface area contributed by atoms with E-state index in [0.29, 0.717) is 6.42 Å². The lowest BCUT2D eigenvalue weighted by Gasteiger charge is -2.32. The van der Waals surface area contributed by atoms with Crippen LogP contribution in [0.4, 0.5) is 0 Å². The van der Waals surface area contributed by atoms with Crippen LogP contribution in [0.25, 0.3) is 0 Å². The third-order valence-electron chi connectivity index (χ3n) is 3.33. The molecule has 0 saturated carbocycles. The van der Waals surface area contributed by atoms with Crippen LogP contribution >= 0.6 is 15.2 Å². The molecule has 0 saturated heterocycles. The molecule has 7 nitrogen and oxygen atoms in total. The van der Waals surface area contributed by atoms with Crippen molar-refractivity contribution in [1.82, 2.24) is 0 Å². The molecule has 0 heterocycles. The Morgan fingerprint density at radius 2 is 1.17 bits per heavy atom. The summed E-state index contributed by atoms with van der Waals surface area (Å²) >= 11 is 0. The number of hydrogen-bond acceptors (Lipinski definition) is 7. The van der Waals surface area contributed by atoms with Crippen LogP contribution in [0.5, 0.6) is 0 Å². The molecule has 0 radical (unpaired) electrons. The summed E-state index contributed by atoms with van der Waals surface area (Å²) in [4.78, 5) is 11.4. The fourth-order valence-electron chi connectivity index (χ4n) is 2.45. The molecule has 0 N–H and O–H groups in total. The highest BCUT2D eigenvalue weighted by Crippen LogP contribution is 2.72. The molecule has 0 amide bonds. The molecule has 9 heteroatoms. The van der Waals surface area contributed by atoms with Gasteiger partial charge in [-0.05, 0) is 40.5 Å². The molecule has 0 rings (SSSR count). The van der Waals surface area contributed by atoms with Crippen molar-refractivity contribution in [3.05, 3.63) is 0 Å². The maximum Gasteiger partial charge on any atom is 0.345 e. The minimum atomic E-state index is -3.77. The lowest BCUT2D eigenvalue weighted by molar-refractivity contribution is -0.111. The molecular weight excluding hydrogens is 354 g/mol. The largest absolute Gasteiger partial charge is 0.345 e. The van der Waals surface area contributed by atoms with E-state index < -0.39 is 26.5 Å². The minimum absolute atomic E-state index is 0.0753. The Kier molecular flexibility index (Phi) is 12.3. The normalized spacial score (nSPS) is 14.1. The fourth-order valence-corrected chi connectivity index (χ4v) is 7.97. The maximum atomic E-state index is 13.3. The fraction of sp³-hybridized carbons (Fsp3) is 0.933. The first kappa shape index (κ1) is 24.0. The maximum absolute atomic E-state index is 13.3. The molecule has 24 heavy (non-hydrogen) atoms. The lowest BCUT2D eigenvalue weighted by Crippen LogP contribution is -2.21. The summed E-state index contributed by atoms with van der Waals surface area (Å²) in [5, 5.41) is -1.12. The highest BCUT2D eigenvalue weighted by atomic mass is 31.2. The van der Waals surface area contributed by atoms with Crippen LogP contribution in [-0.2, 0) is 32.0 Å². The smallest absolute Gasteiger partial charge is 0.308 e. The molecule has 144 valence electrons. The summed E-state index contributed by atoms with van der Waals surface area (Å²) in [7, 11) is -7.55. The quantitative estimate of drug-likeness (QED) is 0.294. The van der Waals surface area contributed by atoms with Crippen LogP contribution in [0, 0.1) is 5.92 Å². The minimum Gasteiger partial charge on any atom is -0.308 e. The topological polar surface area (TPSA) is 88.1 Å². The van der Waals surface area contributed by atoms with Gasteiger partial charge in [0.15, 0.2) is 5.40 Å². The second kappa shape index (κ2) is 12.3. The first-order chi connectivity index (χ1) is 11.4. The van der Waals surface area contributed by atoms with Gasteiger partial charge in [0, 0.05) is 5.92 Å². The molecule has 0 spiro atoms. The van der Waals surface area contributed by atoms with Crippen LogP contribution in [-0.4, -0.2) is 38.1 Å². The first-order valence-electron chi connectivity index (χ1n) is 8.60. The summed E-state index contributed by atoms with van der Waals surface area (Å²) in [6, 6.07) is 0. The zero-order valence-corrected chi connectivity index (χ0v) is 17.2. The highest BCUT2D eigenvalue weighted by Gasteiger charge is 2.51. The summed E-state index contributed by atoms with van der Waals surface area (Å²) in [6.07, 6.45) is 2.24. The van der Waals surface area contributed by atoms with Gasteiger partial charge < -0.3 is 22.9 Å². The second-order valence-electron chi connectivity index (χ2n) is 5.15. The van der Waals surface area contributed by atoms with Crippen molar-refractivity contribution in [3.63, 3.8) is 0 Å². The van der Waals surface area contributed by atoms with Gasteiger partial charge in [-0.25, -0.2) is 0 Å². The van der Waals surface area contributed by atoms with Crippen molar-refractivity contribution >= 4 is 21.5 Å². The van der Waals surface area contributed by atoms with Crippen molar-refractivity contribution < 1.29 is 32.0 Å². The standard InChI is InChI=1S/C15H32O7P2/c1-6-11-14(13-16)12-15(23(17,19-7-2)20-8-3)24(18,21-9-4)22-10-5/h13-15H,6-12H2,1-5H3/t14-/m1/s1. The van der Waals surface area contributed by atoms with Gasteiger partial charge in [-0.1, -0.05) is 13.3 Å².